The molecule has 0 amide bonds. The van der Waals surface area contributed by atoms with Crippen LogP contribution < -0.4 is 9.80 Å². The van der Waals surface area contributed by atoms with E-state index in [-0.39, 0.29) is 34.3 Å². The number of ether oxygens (including phenoxy) is 1. The molecule has 0 N–H and O–H groups in total. The van der Waals surface area contributed by atoms with Crippen molar-refractivity contribution in [3.05, 3.63) is 70.8 Å². The van der Waals surface area contributed by atoms with E-state index in [4.69, 9.17) is 4.74 Å². The fraction of sp³-hybridized carbons (Fsp3) is 0.625. The number of benzene rings is 2. The third-order valence-corrected chi connectivity index (χ3v) is 16.8. The van der Waals surface area contributed by atoms with Gasteiger partial charge in [0.25, 0.3) is 0 Å². The van der Waals surface area contributed by atoms with E-state index in [9.17, 15) is 4.79 Å². The fourth-order valence-corrected chi connectivity index (χ4v) is 15.9. The molecule has 2 saturated carbocycles. The van der Waals surface area contributed by atoms with Crippen molar-refractivity contribution in [3.8, 4) is 0 Å². The second kappa shape index (κ2) is 7.89. The third kappa shape index (κ3) is 2.27. The van der Waals surface area contributed by atoms with Gasteiger partial charge in [-0.1, -0.05) is 55.0 Å². The Kier molecular flexibility index (Phi) is 4.49. The molecule has 5 saturated heterocycles. The number of methoxy groups -OCH3 is 1. The zero-order valence-electron chi connectivity index (χ0n) is 27.5. The lowest BCUT2D eigenvalue weighted by atomic mass is 9.50. The van der Waals surface area contributed by atoms with E-state index in [2.05, 4.69) is 82.0 Å². The van der Waals surface area contributed by atoms with Gasteiger partial charge in [-0.3, -0.25) is 9.80 Å². The molecule has 2 aromatic rings. The molecule has 2 aliphatic carbocycles. The van der Waals surface area contributed by atoms with Crippen LogP contribution in [0.3, 0.4) is 0 Å². The number of anilines is 2. The fourth-order valence-electron chi connectivity index (χ4n) is 15.9. The smallest absolute Gasteiger partial charge is 0.329 e. The van der Waals surface area contributed by atoms with Crippen molar-refractivity contribution >= 4 is 17.3 Å². The molecule has 7 fully saturated rings. The highest BCUT2D eigenvalue weighted by Gasteiger charge is 2.83. The zero-order chi connectivity index (χ0) is 30.5. The summed E-state index contributed by atoms with van der Waals surface area (Å²) in [6.07, 6.45) is 10.0. The molecule has 8 heterocycles. The maximum absolute atomic E-state index is 14.2. The largest absolute Gasteiger partial charge is 0.467 e. The van der Waals surface area contributed by atoms with E-state index in [1.54, 1.807) is 18.4 Å². The minimum Gasteiger partial charge on any atom is -0.467 e. The predicted molar refractivity (Wildman–Crippen MR) is 178 cm³/mol. The van der Waals surface area contributed by atoms with Crippen LogP contribution in [0.1, 0.15) is 69.1 Å². The van der Waals surface area contributed by atoms with E-state index in [0.29, 0.717) is 23.5 Å². The average Bonchev–Trinajstić information content (AvgIpc) is 3.73. The van der Waals surface area contributed by atoms with Crippen LogP contribution in [0.15, 0.2) is 54.1 Å². The highest BCUT2D eigenvalue weighted by molar-refractivity contribution is 5.89. The molecule has 0 aromatic heterocycles. The topological polar surface area (TPSA) is 39.3 Å². The van der Waals surface area contributed by atoms with E-state index in [0.717, 1.165) is 44.3 Å². The number of allylic oxidation sites excluding steroid dienone is 1. The van der Waals surface area contributed by atoms with Crippen molar-refractivity contribution in [3.63, 3.8) is 0 Å². The summed E-state index contributed by atoms with van der Waals surface area (Å²) in [5.41, 5.74) is 9.39. The van der Waals surface area contributed by atoms with Gasteiger partial charge in [0.15, 0.2) is 0 Å². The normalized spacial score (nSPS) is 48.7. The lowest BCUT2D eigenvalue weighted by Crippen LogP contribution is -2.81. The first-order valence-electron chi connectivity index (χ1n) is 18.5. The summed E-state index contributed by atoms with van der Waals surface area (Å²) in [6, 6.07) is 18.2. The van der Waals surface area contributed by atoms with Gasteiger partial charge >= 0.3 is 5.97 Å². The number of piperidine rings is 5. The number of para-hydroxylation sites is 2. The van der Waals surface area contributed by atoms with Crippen LogP contribution in [-0.2, 0) is 25.9 Å². The summed E-state index contributed by atoms with van der Waals surface area (Å²) in [5, 5.41) is 0. The van der Waals surface area contributed by atoms with Gasteiger partial charge in [-0.25, -0.2) is 4.79 Å². The van der Waals surface area contributed by atoms with Crippen LogP contribution in [0.5, 0.6) is 0 Å². The Morgan fingerprint density at radius 2 is 1.83 bits per heavy atom. The van der Waals surface area contributed by atoms with Crippen LogP contribution in [0.2, 0.25) is 0 Å². The molecule has 2 aromatic carbocycles. The van der Waals surface area contributed by atoms with E-state index in [1.807, 2.05) is 0 Å². The van der Waals surface area contributed by atoms with Crippen molar-refractivity contribution in [1.29, 1.82) is 0 Å². The number of hydrogen-bond donors (Lipinski definition) is 0. The molecule has 6 bridgehead atoms. The molecule has 11 atom stereocenters. The summed E-state index contributed by atoms with van der Waals surface area (Å²) in [4.78, 5) is 25.8. The van der Waals surface area contributed by atoms with Gasteiger partial charge < -0.3 is 14.5 Å². The summed E-state index contributed by atoms with van der Waals surface area (Å²) in [6.45, 7) is 10.6. The van der Waals surface area contributed by atoms with Crippen LogP contribution in [0, 0.1) is 23.2 Å². The van der Waals surface area contributed by atoms with Gasteiger partial charge in [0.2, 0.25) is 0 Å². The third-order valence-electron chi connectivity index (χ3n) is 16.8. The molecule has 6 nitrogen and oxygen atoms in total. The molecule has 12 rings (SSSR count). The first-order valence-corrected chi connectivity index (χ1v) is 18.5. The van der Waals surface area contributed by atoms with Crippen LogP contribution >= 0.6 is 0 Å². The average molecular weight is 615 g/mol. The molecule has 46 heavy (non-hydrogen) atoms. The predicted octanol–water partition coefficient (Wildman–Crippen LogP) is 5.20. The number of fused-ring (bicyclic) bond motifs is 4. The second-order valence-corrected chi connectivity index (χ2v) is 17.1. The Morgan fingerprint density at radius 1 is 0.978 bits per heavy atom. The van der Waals surface area contributed by atoms with Crippen LogP contribution in [0.4, 0.5) is 11.4 Å². The Morgan fingerprint density at radius 3 is 2.70 bits per heavy atom. The van der Waals surface area contributed by atoms with Crippen LogP contribution in [-0.4, -0.2) is 79.8 Å². The first kappa shape index (κ1) is 26.2. The lowest BCUT2D eigenvalue weighted by molar-refractivity contribution is -0.148. The van der Waals surface area contributed by atoms with Gasteiger partial charge in [0, 0.05) is 71.4 Å². The molecule has 11 unspecified atom stereocenters. The van der Waals surface area contributed by atoms with Gasteiger partial charge in [-0.2, -0.15) is 0 Å². The SMILES string of the molecule is CC=C1CN2CCC34CN5c6c(cccc6C36C2CC1C(C(=O)OC)N6c1ccccc14)C12C3CN4CCCC(CCC51)(C3C)C42. The number of nitrogens with zero attached hydrogens (tertiary/aromatic N) is 4. The number of carbonyl (C=O) groups excluding carboxylic acids is 1. The maximum atomic E-state index is 14.2. The van der Waals surface area contributed by atoms with E-state index < -0.39 is 0 Å². The molecule has 2 spiro atoms. The van der Waals surface area contributed by atoms with Crippen molar-refractivity contribution in [2.75, 3.05) is 49.6 Å². The number of carbonyl (C=O) groups is 1. The summed E-state index contributed by atoms with van der Waals surface area (Å²) in [7, 11) is 1.61. The number of esters is 1. The molecular formula is C40H46N4O2. The minimum atomic E-state index is -0.309. The first-order chi connectivity index (χ1) is 22.5. The van der Waals surface area contributed by atoms with Crippen LogP contribution in [0.25, 0.3) is 0 Å². The van der Waals surface area contributed by atoms with Crippen molar-refractivity contribution in [1.82, 2.24) is 9.80 Å². The molecule has 0 radical (unpaired) electrons. The maximum Gasteiger partial charge on any atom is 0.329 e. The Hall–Kier alpha value is -2.83. The molecule has 8 aliphatic heterocycles. The van der Waals surface area contributed by atoms with Gasteiger partial charge in [0.05, 0.1) is 12.6 Å². The molecule has 238 valence electrons. The Bertz CT molecular complexity index is 1800. The van der Waals surface area contributed by atoms with Gasteiger partial charge in [-0.15, -0.1) is 0 Å². The highest BCUT2D eigenvalue weighted by atomic mass is 16.5. The Labute approximate surface area is 272 Å². The minimum absolute atomic E-state index is 0.0608. The summed E-state index contributed by atoms with van der Waals surface area (Å²) < 4.78 is 5.77. The quantitative estimate of drug-likeness (QED) is 0.325. The van der Waals surface area contributed by atoms with Crippen molar-refractivity contribution < 1.29 is 9.53 Å². The molecular weight excluding hydrogens is 568 g/mol. The highest BCUT2D eigenvalue weighted by Crippen LogP contribution is 2.79. The molecule has 6 heteroatoms. The van der Waals surface area contributed by atoms with E-state index in [1.165, 1.54) is 61.2 Å². The Balaban J connectivity index is 1.18. The number of hydrogen-bond acceptors (Lipinski definition) is 6. The zero-order valence-corrected chi connectivity index (χ0v) is 27.5. The monoisotopic (exact) mass is 614 g/mol. The summed E-state index contributed by atoms with van der Waals surface area (Å²) in [5.74, 6) is 1.66. The van der Waals surface area contributed by atoms with Gasteiger partial charge in [0.1, 0.15) is 6.04 Å². The second-order valence-electron chi connectivity index (χ2n) is 17.1. The molecule has 10 aliphatic rings. The standard InChI is InChI=1S/C40H46N4O2/c1-4-24-20-41-18-16-38-22-43-31-13-15-37-14-8-17-42-21-29(23(37)2)39(31,36(37)42)27-10-7-11-28(34(27)43)40(38)32(41)19-25(24)33(35(45)46-3)44(40)30-12-6-5-9-26(30)38/h4-7,9-12,23,25,29,31-33,36H,8,13-22H2,1-3H3. The van der Waals surface area contributed by atoms with Gasteiger partial charge in [-0.05, 0) is 93.0 Å². The van der Waals surface area contributed by atoms with Crippen molar-refractivity contribution in [2.45, 2.75) is 92.9 Å². The number of rotatable bonds is 1. The lowest BCUT2D eigenvalue weighted by Gasteiger charge is -2.70. The van der Waals surface area contributed by atoms with Crippen molar-refractivity contribution in [2.24, 2.45) is 23.2 Å². The summed E-state index contributed by atoms with van der Waals surface area (Å²) >= 11 is 0. The van der Waals surface area contributed by atoms with E-state index >= 15 is 0 Å².